The summed E-state index contributed by atoms with van der Waals surface area (Å²) >= 11 is 0. The first-order chi connectivity index (χ1) is 7.92. The zero-order chi connectivity index (χ0) is 12.9. The lowest BCUT2D eigenvalue weighted by Crippen LogP contribution is -2.55. The molecule has 6 N–H and O–H groups in total. The molecule has 0 aliphatic carbocycles. The van der Waals surface area contributed by atoms with Gasteiger partial charge in [-0.25, -0.2) is 13.2 Å². The highest BCUT2D eigenvalue weighted by molar-refractivity contribution is 7.89. The van der Waals surface area contributed by atoms with Gasteiger partial charge in [-0.3, -0.25) is 5.43 Å². The Kier molecular flexibility index (Phi) is 4.40. The van der Waals surface area contributed by atoms with Crippen LogP contribution in [-0.2, 0) is 10.0 Å². The molecule has 9 heteroatoms. The molecule has 1 rings (SSSR count). The molecular formula is C8H13N5O3S. The van der Waals surface area contributed by atoms with Crippen molar-refractivity contribution in [2.45, 2.75) is 11.8 Å². The fourth-order valence-corrected chi connectivity index (χ4v) is 1.76. The highest BCUT2D eigenvalue weighted by Crippen LogP contribution is 2.08. The first-order valence-electron chi connectivity index (χ1n) is 4.56. The lowest BCUT2D eigenvalue weighted by molar-refractivity contribution is 0.241. The third kappa shape index (κ3) is 4.36. The van der Waals surface area contributed by atoms with E-state index < -0.39 is 16.1 Å². The van der Waals surface area contributed by atoms with Gasteiger partial charge >= 0.3 is 6.03 Å². The van der Waals surface area contributed by atoms with Crippen molar-refractivity contribution in [3.63, 3.8) is 0 Å². The largest absolute Gasteiger partial charge is 0.351 e. The van der Waals surface area contributed by atoms with Crippen LogP contribution in [-0.4, -0.2) is 14.4 Å². The van der Waals surface area contributed by atoms with E-state index in [1.54, 1.807) is 12.1 Å². The number of carbonyl (C=O) groups excluding carboxylic acids is 1. The van der Waals surface area contributed by atoms with Crippen molar-refractivity contribution in [2.75, 3.05) is 0 Å². The molecule has 0 bridgehead atoms. The Bertz CT molecular complexity index is 484. The topological polar surface area (TPSA) is 125 Å². The molecule has 0 spiro atoms. The van der Waals surface area contributed by atoms with Gasteiger partial charge in [0.25, 0.3) is 10.0 Å². The number of nitrogens with two attached hydrogens (primary N) is 1. The van der Waals surface area contributed by atoms with Crippen LogP contribution in [0.4, 0.5) is 4.79 Å². The maximum atomic E-state index is 11.6. The van der Waals surface area contributed by atoms with Crippen LogP contribution in [0.5, 0.6) is 0 Å². The summed E-state index contributed by atoms with van der Waals surface area (Å²) in [6.45, 7) is 1.85. The normalized spacial score (nSPS) is 11.1. The smallest absolute Gasteiger partial charge is 0.327 e. The number of hydrogen-bond acceptors (Lipinski definition) is 5. The van der Waals surface area contributed by atoms with Gasteiger partial charge in [0, 0.05) is 0 Å². The number of urea groups is 1. The van der Waals surface area contributed by atoms with E-state index in [1.807, 2.05) is 17.2 Å². The molecule has 17 heavy (non-hydrogen) atoms. The monoisotopic (exact) mass is 259 g/mol. The highest BCUT2D eigenvalue weighted by atomic mass is 32.2. The summed E-state index contributed by atoms with van der Waals surface area (Å²) < 4.78 is 23.3. The van der Waals surface area contributed by atoms with E-state index in [4.69, 9.17) is 5.73 Å². The summed E-state index contributed by atoms with van der Waals surface area (Å²) in [4.78, 5) is 12.3. The minimum Gasteiger partial charge on any atom is -0.351 e. The van der Waals surface area contributed by atoms with Gasteiger partial charge in [-0.2, -0.15) is 11.1 Å². The number of aryl methyl sites for hydroxylation is 1. The summed E-state index contributed by atoms with van der Waals surface area (Å²) in [5.41, 5.74) is 11.7. The van der Waals surface area contributed by atoms with Crippen LogP contribution in [0, 0.1) is 6.92 Å². The van der Waals surface area contributed by atoms with Crippen LogP contribution < -0.4 is 27.1 Å². The minimum absolute atomic E-state index is 0.0940. The SMILES string of the molecule is Cc1ccc(S(=O)(=O)NNNNC(N)=O)cc1. The van der Waals surface area contributed by atoms with E-state index in [-0.39, 0.29) is 4.90 Å². The fraction of sp³-hybridized carbons (Fsp3) is 0.125. The van der Waals surface area contributed by atoms with Crippen molar-refractivity contribution in [3.8, 4) is 0 Å². The number of hydrazine groups is 3. The highest BCUT2D eigenvalue weighted by Gasteiger charge is 2.12. The van der Waals surface area contributed by atoms with Crippen molar-refractivity contribution in [2.24, 2.45) is 5.73 Å². The third-order valence-electron chi connectivity index (χ3n) is 1.76. The van der Waals surface area contributed by atoms with Crippen LogP contribution >= 0.6 is 0 Å². The molecule has 0 fully saturated rings. The van der Waals surface area contributed by atoms with E-state index >= 15 is 0 Å². The maximum Gasteiger partial charge on any atom is 0.327 e. The quantitative estimate of drug-likeness (QED) is 0.338. The Morgan fingerprint density at radius 2 is 1.76 bits per heavy atom. The predicted molar refractivity (Wildman–Crippen MR) is 60.5 cm³/mol. The first-order valence-corrected chi connectivity index (χ1v) is 6.04. The molecule has 2 amide bonds. The molecule has 0 aromatic heterocycles. The van der Waals surface area contributed by atoms with Crippen molar-refractivity contribution in [3.05, 3.63) is 29.8 Å². The zero-order valence-electron chi connectivity index (χ0n) is 9.02. The number of rotatable bonds is 5. The molecular weight excluding hydrogens is 246 g/mol. The van der Waals surface area contributed by atoms with Crippen LogP contribution in [0.15, 0.2) is 29.2 Å². The summed E-state index contributed by atoms with van der Waals surface area (Å²) in [7, 11) is -3.69. The molecule has 0 atom stereocenters. The van der Waals surface area contributed by atoms with Crippen LogP contribution in [0.1, 0.15) is 5.56 Å². The standard InChI is InChI=1S/C8H13N5O3S/c1-6-2-4-7(5-3-6)17(15,16)13-12-11-10-8(9)14/h2-5,11-13H,1H3,(H3,9,10,14). The minimum atomic E-state index is -3.69. The lowest BCUT2D eigenvalue weighted by atomic mass is 10.2. The number of carbonyl (C=O) groups is 1. The van der Waals surface area contributed by atoms with E-state index in [0.29, 0.717) is 0 Å². The van der Waals surface area contributed by atoms with E-state index in [2.05, 4.69) is 11.1 Å². The Labute approximate surface area is 98.5 Å². The van der Waals surface area contributed by atoms with Crippen LogP contribution in [0.25, 0.3) is 0 Å². The number of sulfonamides is 1. The van der Waals surface area contributed by atoms with Crippen molar-refractivity contribution in [1.29, 1.82) is 0 Å². The molecule has 0 aliphatic heterocycles. The maximum absolute atomic E-state index is 11.6. The second-order valence-corrected chi connectivity index (χ2v) is 4.84. The van der Waals surface area contributed by atoms with Gasteiger partial charge in [0.15, 0.2) is 0 Å². The van der Waals surface area contributed by atoms with E-state index in [1.165, 1.54) is 12.1 Å². The van der Waals surface area contributed by atoms with Crippen molar-refractivity contribution >= 4 is 16.1 Å². The number of hydrogen-bond donors (Lipinski definition) is 5. The van der Waals surface area contributed by atoms with Gasteiger partial charge < -0.3 is 5.73 Å². The van der Waals surface area contributed by atoms with Gasteiger partial charge in [0.1, 0.15) is 0 Å². The molecule has 0 aliphatic rings. The molecule has 0 radical (unpaired) electrons. The molecule has 0 heterocycles. The van der Waals surface area contributed by atoms with Gasteiger partial charge in [0.05, 0.1) is 4.90 Å². The average Bonchev–Trinajstić information content (AvgIpc) is 2.25. The molecule has 0 saturated carbocycles. The Hall–Kier alpha value is -1.68. The van der Waals surface area contributed by atoms with Crippen LogP contribution in [0.3, 0.4) is 0 Å². The third-order valence-corrected chi connectivity index (χ3v) is 3.03. The van der Waals surface area contributed by atoms with Crippen molar-refractivity contribution < 1.29 is 13.2 Å². The summed E-state index contributed by atoms with van der Waals surface area (Å²) in [5.74, 6) is 0. The van der Waals surface area contributed by atoms with Gasteiger partial charge in [-0.1, -0.05) is 17.7 Å². The predicted octanol–water partition coefficient (Wildman–Crippen LogP) is -1.13. The zero-order valence-corrected chi connectivity index (χ0v) is 9.84. The van der Waals surface area contributed by atoms with Gasteiger partial charge in [-0.15, -0.1) is 4.83 Å². The van der Waals surface area contributed by atoms with E-state index in [9.17, 15) is 13.2 Å². The van der Waals surface area contributed by atoms with Crippen LogP contribution in [0.2, 0.25) is 0 Å². The molecule has 94 valence electrons. The Balaban J connectivity index is 2.57. The summed E-state index contributed by atoms with van der Waals surface area (Å²) in [5, 5.41) is 0. The molecule has 8 nitrogen and oxygen atoms in total. The van der Waals surface area contributed by atoms with Gasteiger partial charge in [0.2, 0.25) is 0 Å². The molecule has 1 aromatic carbocycles. The lowest BCUT2D eigenvalue weighted by Gasteiger charge is -2.09. The summed E-state index contributed by atoms with van der Waals surface area (Å²) in [6, 6.07) is 5.40. The first kappa shape index (κ1) is 13.4. The second-order valence-electron chi connectivity index (χ2n) is 3.16. The second kappa shape index (κ2) is 5.59. The summed E-state index contributed by atoms with van der Waals surface area (Å²) in [6.07, 6.45) is 0. The number of benzene rings is 1. The fourth-order valence-electron chi connectivity index (χ4n) is 0.962. The molecule has 0 saturated heterocycles. The molecule has 1 aromatic rings. The Morgan fingerprint density at radius 3 is 2.29 bits per heavy atom. The number of nitrogens with one attached hydrogen (secondary N) is 4. The molecule has 0 unspecified atom stereocenters. The number of amides is 2. The number of primary amides is 1. The Morgan fingerprint density at radius 1 is 1.18 bits per heavy atom. The van der Waals surface area contributed by atoms with Gasteiger partial charge in [-0.05, 0) is 19.1 Å². The van der Waals surface area contributed by atoms with E-state index in [0.717, 1.165) is 5.56 Å². The average molecular weight is 259 g/mol. The van der Waals surface area contributed by atoms with Crippen molar-refractivity contribution in [1.82, 2.24) is 21.3 Å².